The Morgan fingerprint density at radius 3 is 2.23 bits per heavy atom. The Balaban J connectivity index is 1.43. The SMILES string of the molecule is O=C(O)c1ccc(CCNC(=O)c2cc(Cl)ccc2N2CC3CCC(CC3)C2)cc1. The fourth-order valence-corrected chi connectivity index (χ4v) is 4.86. The van der Waals surface area contributed by atoms with E-state index >= 15 is 0 Å². The second kappa shape index (κ2) is 9.09. The lowest BCUT2D eigenvalue weighted by atomic mass is 9.84. The highest BCUT2D eigenvalue weighted by molar-refractivity contribution is 6.31. The summed E-state index contributed by atoms with van der Waals surface area (Å²) in [5.74, 6) is 0.366. The average Bonchev–Trinajstić information content (AvgIpc) is 3.08. The summed E-state index contributed by atoms with van der Waals surface area (Å²) in [5, 5.41) is 12.6. The first-order valence-electron chi connectivity index (χ1n) is 10.6. The molecular weight excluding hydrogens is 400 g/mol. The highest BCUT2D eigenvalue weighted by Gasteiger charge is 2.31. The van der Waals surface area contributed by atoms with Crippen LogP contribution in [0, 0.1) is 11.8 Å². The van der Waals surface area contributed by atoms with Crippen molar-refractivity contribution in [2.24, 2.45) is 11.8 Å². The number of anilines is 1. The van der Waals surface area contributed by atoms with Crippen LogP contribution in [-0.4, -0.2) is 36.6 Å². The maximum atomic E-state index is 13.0. The van der Waals surface area contributed by atoms with Crippen LogP contribution in [0.1, 0.15) is 52.0 Å². The van der Waals surface area contributed by atoms with Crippen LogP contribution in [-0.2, 0) is 6.42 Å². The smallest absolute Gasteiger partial charge is 0.335 e. The third kappa shape index (κ3) is 4.78. The molecule has 1 amide bonds. The minimum Gasteiger partial charge on any atom is -0.478 e. The lowest BCUT2D eigenvalue weighted by Gasteiger charge is -2.27. The van der Waals surface area contributed by atoms with Crippen LogP contribution in [0.4, 0.5) is 5.69 Å². The summed E-state index contributed by atoms with van der Waals surface area (Å²) in [6.45, 7) is 2.49. The van der Waals surface area contributed by atoms with Crippen molar-refractivity contribution in [3.8, 4) is 0 Å². The zero-order chi connectivity index (χ0) is 21.1. The summed E-state index contributed by atoms with van der Waals surface area (Å²) < 4.78 is 0. The number of fused-ring (bicyclic) bond motifs is 4. The van der Waals surface area contributed by atoms with Gasteiger partial charge in [-0.1, -0.05) is 23.7 Å². The van der Waals surface area contributed by atoms with Gasteiger partial charge in [0.05, 0.1) is 11.1 Å². The van der Waals surface area contributed by atoms with E-state index in [0.717, 1.165) is 24.3 Å². The molecule has 1 aliphatic carbocycles. The predicted octanol–water partition coefficient (Wildman–Crippen LogP) is 4.64. The van der Waals surface area contributed by atoms with Gasteiger partial charge in [0.15, 0.2) is 0 Å². The number of amides is 1. The molecule has 2 aromatic rings. The third-order valence-corrected chi connectivity index (χ3v) is 6.60. The Morgan fingerprint density at radius 2 is 1.63 bits per heavy atom. The minimum atomic E-state index is -0.940. The quantitative estimate of drug-likeness (QED) is 0.706. The number of hydrogen-bond donors (Lipinski definition) is 2. The second-order valence-electron chi connectivity index (χ2n) is 8.46. The molecule has 2 heterocycles. The fourth-order valence-electron chi connectivity index (χ4n) is 4.69. The molecule has 2 aliphatic heterocycles. The van der Waals surface area contributed by atoms with Crippen LogP contribution in [0.5, 0.6) is 0 Å². The standard InChI is InChI=1S/C24H27ClN2O3/c25-20-9-10-22(27-14-17-1-2-18(15-27)4-3-17)21(13-20)23(28)26-12-11-16-5-7-19(8-6-16)24(29)30/h5-10,13,17-18H,1-4,11-12,14-15H2,(H,26,28)(H,29,30). The van der Waals surface area contributed by atoms with E-state index in [9.17, 15) is 9.59 Å². The molecule has 0 atom stereocenters. The van der Waals surface area contributed by atoms with Crippen molar-refractivity contribution in [1.29, 1.82) is 0 Å². The monoisotopic (exact) mass is 426 g/mol. The van der Waals surface area contributed by atoms with Gasteiger partial charge in [-0.2, -0.15) is 0 Å². The van der Waals surface area contributed by atoms with E-state index in [2.05, 4.69) is 10.2 Å². The molecule has 0 unspecified atom stereocenters. The Labute approximate surface area is 182 Å². The summed E-state index contributed by atoms with van der Waals surface area (Å²) in [4.78, 5) is 26.3. The van der Waals surface area contributed by atoms with Crippen molar-refractivity contribution in [3.05, 3.63) is 64.2 Å². The van der Waals surface area contributed by atoms with Gasteiger partial charge in [-0.25, -0.2) is 4.79 Å². The summed E-state index contributed by atoms with van der Waals surface area (Å²) >= 11 is 6.23. The molecule has 3 aliphatic rings. The number of carboxylic acids is 1. The normalized spacial score (nSPS) is 20.6. The fraction of sp³-hybridized carbons (Fsp3) is 0.417. The van der Waals surface area contributed by atoms with Gasteiger partial charge in [0, 0.05) is 30.3 Å². The van der Waals surface area contributed by atoms with Gasteiger partial charge in [-0.3, -0.25) is 4.79 Å². The van der Waals surface area contributed by atoms with Gasteiger partial charge >= 0.3 is 5.97 Å². The molecule has 30 heavy (non-hydrogen) atoms. The third-order valence-electron chi connectivity index (χ3n) is 6.37. The van der Waals surface area contributed by atoms with Gasteiger partial charge in [-0.15, -0.1) is 0 Å². The minimum absolute atomic E-state index is 0.119. The molecule has 2 aromatic carbocycles. The van der Waals surface area contributed by atoms with Gasteiger partial charge in [0.2, 0.25) is 0 Å². The lowest BCUT2D eigenvalue weighted by Crippen LogP contribution is -2.32. The number of carbonyl (C=O) groups is 2. The van der Waals surface area contributed by atoms with Crippen LogP contribution in [0.15, 0.2) is 42.5 Å². The second-order valence-corrected chi connectivity index (χ2v) is 8.90. The summed E-state index contributed by atoms with van der Waals surface area (Å²) in [7, 11) is 0. The number of nitrogens with zero attached hydrogens (tertiary/aromatic N) is 1. The number of rotatable bonds is 6. The molecule has 2 bridgehead atoms. The number of benzene rings is 2. The van der Waals surface area contributed by atoms with E-state index < -0.39 is 5.97 Å². The topological polar surface area (TPSA) is 69.6 Å². The molecule has 5 rings (SSSR count). The highest BCUT2D eigenvalue weighted by Crippen LogP contribution is 2.37. The molecule has 2 saturated heterocycles. The largest absolute Gasteiger partial charge is 0.478 e. The molecule has 2 N–H and O–H groups in total. The van der Waals surface area contributed by atoms with Gasteiger partial charge in [0.25, 0.3) is 5.91 Å². The Kier molecular flexibility index (Phi) is 6.28. The summed E-state index contributed by atoms with van der Waals surface area (Å²) in [6.07, 6.45) is 5.79. The Hall–Kier alpha value is -2.53. The van der Waals surface area contributed by atoms with Crippen molar-refractivity contribution >= 4 is 29.2 Å². The number of halogens is 1. The van der Waals surface area contributed by atoms with Crippen molar-refractivity contribution in [2.75, 3.05) is 24.5 Å². The molecule has 0 aromatic heterocycles. The zero-order valence-electron chi connectivity index (χ0n) is 16.9. The van der Waals surface area contributed by atoms with E-state index in [4.69, 9.17) is 16.7 Å². The number of aromatic carboxylic acids is 1. The van der Waals surface area contributed by atoms with Crippen LogP contribution < -0.4 is 10.2 Å². The first kappa shape index (κ1) is 20.7. The molecule has 3 fully saturated rings. The van der Waals surface area contributed by atoms with Gasteiger partial charge < -0.3 is 15.3 Å². The molecule has 1 saturated carbocycles. The van der Waals surface area contributed by atoms with Crippen LogP contribution in [0.25, 0.3) is 0 Å². The van der Waals surface area contributed by atoms with Crippen molar-refractivity contribution < 1.29 is 14.7 Å². The molecule has 0 spiro atoms. The maximum absolute atomic E-state index is 13.0. The number of carbonyl (C=O) groups excluding carboxylic acids is 1. The molecule has 6 heteroatoms. The van der Waals surface area contributed by atoms with Gasteiger partial charge in [0.1, 0.15) is 0 Å². The lowest BCUT2D eigenvalue weighted by molar-refractivity contribution is 0.0696. The molecular formula is C24H27ClN2O3. The summed E-state index contributed by atoms with van der Waals surface area (Å²) in [6, 6.07) is 12.4. The molecule has 0 radical (unpaired) electrons. The molecule has 5 nitrogen and oxygen atoms in total. The van der Waals surface area contributed by atoms with Crippen LogP contribution in [0.3, 0.4) is 0 Å². The van der Waals surface area contributed by atoms with E-state index in [0.29, 0.717) is 35.4 Å². The van der Waals surface area contributed by atoms with Gasteiger partial charge in [-0.05, 0) is 79.8 Å². The van der Waals surface area contributed by atoms with Crippen LogP contribution in [0.2, 0.25) is 5.02 Å². The zero-order valence-corrected chi connectivity index (χ0v) is 17.7. The Morgan fingerprint density at radius 1 is 1.00 bits per heavy atom. The number of hydrogen-bond acceptors (Lipinski definition) is 3. The predicted molar refractivity (Wildman–Crippen MR) is 119 cm³/mol. The van der Waals surface area contributed by atoms with Crippen molar-refractivity contribution in [1.82, 2.24) is 5.32 Å². The van der Waals surface area contributed by atoms with E-state index in [1.165, 1.54) is 25.7 Å². The number of carboxylic acid groups (broad SMARTS) is 1. The number of nitrogens with one attached hydrogen (secondary N) is 1. The molecule has 158 valence electrons. The van der Waals surface area contributed by atoms with E-state index in [1.54, 1.807) is 30.3 Å². The average molecular weight is 427 g/mol. The van der Waals surface area contributed by atoms with Crippen LogP contribution >= 0.6 is 11.6 Å². The summed E-state index contributed by atoms with van der Waals surface area (Å²) in [5.41, 5.74) is 2.85. The Bertz CT molecular complexity index is 907. The maximum Gasteiger partial charge on any atom is 0.335 e. The highest BCUT2D eigenvalue weighted by atomic mass is 35.5. The van der Waals surface area contributed by atoms with E-state index in [1.807, 2.05) is 12.1 Å². The van der Waals surface area contributed by atoms with E-state index in [-0.39, 0.29) is 11.5 Å². The van der Waals surface area contributed by atoms with Crippen molar-refractivity contribution in [3.63, 3.8) is 0 Å². The first-order valence-corrected chi connectivity index (χ1v) is 11.0. The first-order chi connectivity index (χ1) is 14.5. The van der Waals surface area contributed by atoms with Crippen molar-refractivity contribution in [2.45, 2.75) is 32.1 Å².